The number of aromatic nitrogens is 5. The van der Waals surface area contributed by atoms with Gasteiger partial charge in [0.25, 0.3) is 11.5 Å². The highest BCUT2D eigenvalue weighted by atomic mass is 32.1. The molecule has 0 unspecified atom stereocenters. The van der Waals surface area contributed by atoms with Gasteiger partial charge in [0.05, 0.1) is 6.04 Å². The number of carbonyl (C=O) groups excluding carboxylic acids is 1. The van der Waals surface area contributed by atoms with Crippen LogP contribution in [-0.4, -0.2) is 31.1 Å². The van der Waals surface area contributed by atoms with E-state index in [4.69, 9.17) is 5.73 Å². The van der Waals surface area contributed by atoms with Crippen molar-refractivity contribution in [1.82, 2.24) is 30.5 Å². The zero-order valence-electron chi connectivity index (χ0n) is 12.6. The number of nitrogen functional groups attached to an aromatic ring is 1. The van der Waals surface area contributed by atoms with Crippen LogP contribution >= 0.6 is 11.3 Å². The second-order valence-electron chi connectivity index (χ2n) is 4.89. The van der Waals surface area contributed by atoms with Crippen LogP contribution in [0.3, 0.4) is 0 Å². The molecule has 0 aliphatic carbocycles. The Hall–Kier alpha value is -3.14. The van der Waals surface area contributed by atoms with Gasteiger partial charge in [-0.05, 0) is 19.1 Å². The second kappa shape index (κ2) is 6.54. The highest BCUT2D eigenvalue weighted by Gasteiger charge is 2.18. The van der Waals surface area contributed by atoms with E-state index in [1.807, 2.05) is 0 Å². The van der Waals surface area contributed by atoms with E-state index in [-0.39, 0.29) is 5.56 Å². The van der Waals surface area contributed by atoms with E-state index in [2.05, 4.69) is 30.5 Å². The van der Waals surface area contributed by atoms with Gasteiger partial charge in [0.2, 0.25) is 5.13 Å². The van der Waals surface area contributed by atoms with Crippen molar-refractivity contribution in [3.05, 3.63) is 51.6 Å². The first-order chi connectivity index (χ1) is 11.5. The molecule has 0 fully saturated rings. The minimum absolute atomic E-state index is 0.0908. The summed E-state index contributed by atoms with van der Waals surface area (Å²) in [5.41, 5.74) is 5.54. The summed E-state index contributed by atoms with van der Waals surface area (Å²) in [6, 6.07) is 3.06. The molecule has 1 atom stereocenters. The van der Waals surface area contributed by atoms with Crippen LogP contribution in [-0.2, 0) is 0 Å². The molecular formula is C14H13N7O2S. The van der Waals surface area contributed by atoms with Gasteiger partial charge in [-0.25, -0.2) is 4.98 Å². The molecule has 1 amide bonds. The quantitative estimate of drug-likeness (QED) is 0.635. The summed E-state index contributed by atoms with van der Waals surface area (Å²) in [7, 11) is 0. The van der Waals surface area contributed by atoms with Crippen LogP contribution < -0.4 is 16.6 Å². The van der Waals surface area contributed by atoms with E-state index in [0.717, 1.165) is 0 Å². The molecule has 0 bridgehead atoms. The normalized spacial score (nSPS) is 11.9. The van der Waals surface area contributed by atoms with Gasteiger partial charge in [0.1, 0.15) is 16.4 Å². The van der Waals surface area contributed by atoms with Crippen molar-refractivity contribution in [3.8, 4) is 11.4 Å². The van der Waals surface area contributed by atoms with Crippen LogP contribution in [0.25, 0.3) is 11.4 Å². The van der Waals surface area contributed by atoms with Gasteiger partial charge in [-0.2, -0.15) is 0 Å². The summed E-state index contributed by atoms with van der Waals surface area (Å²) in [5.74, 6) is -0.211. The largest absolute Gasteiger partial charge is 0.374 e. The van der Waals surface area contributed by atoms with E-state index in [0.29, 0.717) is 21.5 Å². The van der Waals surface area contributed by atoms with E-state index >= 15 is 0 Å². The molecule has 0 saturated heterocycles. The van der Waals surface area contributed by atoms with Crippen LogP contribution in [0.5, 0.6) is 0 Å². The van der Waals surface area contributed by atoms with Gasteiger partial charge in [-0.15, -0.1) is 10.2 Å². The zero-order chi connectivity index (χ0) is 17.1. The fourth-order valence-electron chi connectivity index (χ4n) is 1.96. The third kappa shape index (κ3) is 3.27. The van der Waals surface area contributed by atoms with Crippen LogP contribution in [0.4, 0.5) is 5.13 Å². The Balaban J connectivity index is 1.79. The third-order valence-corrected chi connectivity index (χ3v) is 4.09. The molecule has 0 aromatic carbocycles. The van der Waals surface area contributed by atoms with Crippen molar-refractivity contribution in [1.29, 1.82) is 0 Å². The summed E-state index contributed by atoms with van der Waals surface area (Å²) in [4.78, 5) is 35.1. The van der Waals surface area contributed by atoms with Crippen LogP contribution in [0, 0.1) is 0 Å². The predicted octanol–water partition coefficient (Wildman–Crippen LogP) is 0.757. The minimum Gasteiger partial charge on any atom is -0.374 e. The number of pyridine rings is 1. The Kier molecular flexibility index (Phi) is 4.29. The molecule has 0 radical (unpaired) electrons. The molecule has 3 aromatic rings. The molecule has 3 heterocycles. The maximum atomic E-state index is 12.2. The molecule has 24 heavy (non-hydrogen) atoms. The molecule has 3 rings (SSSR count). The number of amides is 1. The number of hydrogen-bond donors (Lipinski definition) is 3. The Bertz CT molecular complexity index is 922. The number of anilines is 1. The molecule has 4 N–H and O–H groups in total. The lowest BCUT2D eigenvalue weighted by molar-refractivity contribution is 0.0938. The van der Waals surface area contributed by atoms with Gasteiger partial charge < -0.3 is 16.0 Å². The van der Waals surface area contributed by atoms with Crippen molar-refractivity contribution in [2.75, 3.05) is 5.73 Å². The summed E-state index contributed by atoms with van der Waals surface area (Å²) < 4.78 is 0. The van der Waals surface area contributed by atoms with Crippen molar-refractivity contribution < 1.29 is 4.79 Å². The first kappa shape index (κ1) is 15.7. The highest BCUT2D eigenvalue weighted by molar-refractivity contribution is 7.15. The number of nitrogens with zero attached hydrogens (tertiary/aromatic N) is 4. The summed E-state index contributed by atoms with van der Waals surface area (Å²) in [6.45, 7) is 1.73. The number of nitrogens with two attached hydrogens (primary N) is 1. The van der Waals surface area contributed by atoms with Gasteiger partial charge in [0, 0.05) is 24.2 Å². The lowest BCUT2D eigenvalue weighted by Crippen LogP contribution is -2.32. The molecule has 0 spiro atoms. The van der Waals surface area contributed by atoms with Crippen LogP contribution in [0.1, 0.15) is 28.3 Å². The number of aromatic amines is 1. The van der Waals surface area contributed by atoms with E-state index in [9.17, 15) is 9.59 Å². The van der Waals surface area contributed by atoms with Gasteiger partial charge in [0.15, 0.2) is 0 Å². The van der Waals surface area contributed by atoms with E-state index < -0.39 is 17.5 Å². The molecule has 0 aliphatic heterocycles. The molecule has 0 aliphatic rings. The van der Waals surface area contributed by atoms with Gasteiger partial charge >= 0.3 is 0 Å². The van der Waals surface area contributed by atoms with Gasteiger partial charge in [-0.3, -0.25) is 14.6 Å². The number of nitrogens with one attached hydrogen (secondary N) is 2. The van der Waals surface area contributed by atoms with Crippen molar-refractivity contribution in [2.45, 2.75) is 13.0 Å². The molecule has 3 aromatic heterocycles. The number of H-pyrrole nitrogens is 1. The maximum absolute atomic E-state index is 12.2. The number of carbonyl (C=O) groups is 1. The highest BCUT2D eigenvalue weighted by Crippen LogP contribution is 2.19. The first-order valence-corrected chi connectivity index (χ1v) is 7.75. The lowest BCUT2D eigenvalue weighted by atomic mass is 10.2. The van der Waals surface area contributed by atoms with E-state index in [1.165, 1.54) is 17.5 Å². The maximum Gasteiger partial charge on any atom is 0.264 e. The fraction of sp³-hybridized carbons (Fsp3) is 0.143. The van der Waals surface area contributed by atoms with Crippen LogP contribution in [0.2, 0.25) is 0 Å². The predicted molar refractivity (Wildman–Crippen MR) is 88.3 cm³/mol. The Morgan fingerprint density at radius 3 is 2.83 bits per heavy atom. The molecular weight excluding hydrogens is 330 g/mol. The smallest absolute Gasteiger partial charge is 0.264 e. The average Bonchev–Trinajstić information content (AvgIpc) is 3.02. The monoisotopic (exact) mass is 343 g/mol. The number of hydrogen-bond acceptors (Lipinski definition) is 8. The van der Waals surface area contributed by atoms with Crippen molar-refractivity contribution in [2.24, 2.45) is 0 Å². The van der Waals surface area contributed by atoms with Crippen molar-refractivity contribution in [3.63, 3.8) is 0 Å². The average molecular weight is 343 g/mol. The van der Waals surface area contributed by atoms with Crippen LogP contribution in [0.15, 0.2) is 35.5 Å². The third-order valence-electron chi connectivity index (χ3n) is 3.15. The SMILES string of the molecule is C[C@@H](NC(=O)c1cnc(-c2cccnc2)[nH]c1=O)c1nnc(N)s1. The van der Waals surface area contributed by atoms with E-state index in [1.54, 1.807) is 31.5 Å². The Morgan fingerprint density at radius 1 is 1.38 bits per heavy atom. The standard InChI is InChI=1S/C14H13N7O2S/c1-7(13-20-21-14(15)24-13)18-11(22)9-6-17-10(19-12(9)23)8-3-2-4-16-5-8/h2-7H,1H3,(H2,15,21)(H,18,22)(H,17,19,23)/t7-/m1/s1. The minimum atomic E-state index is -0.553. The second-order valence-corrected chi connectivity index (χ2v) is 5.93. The Labute approximate surface area is 140 Å². The first-order valence-electron chi connectivity index (χ1n) is 6.94. The fourth-order valence-corrected chi connectivity index (χ4v) is 2.58. The molecule has 0 saturated carbocycles. The number of rotatable bonds is 4. The lowest BCUT2D eigenvalue weighted by Gasteiger charge is -2.10. The van der Waals surface area contributed by atoms with Gasteiger partial charge in [-0.1, -0.05) is 11.3 Å². The topological polar surface area (TPSA) is 140 Å². The Morgan fingerprint density at radius 2 is 2.21 bits per heavy atom. The molecule has 10 heteroatoms. The molecule has 9 nitrogen and oxygen atoms in total. The zero-order valence-corrected chi connectivity index (χ0v) is 13.4. The van der Waals surface area contributed by atoms with Crippen molar-refractivity contribution >= 4 is 22.4 Å². The summed E-state index contributed by atoms with van der Waals surface area (Å²) >= 11 is 1.17. The molecule has 122 valence electrons. The summed E-state index contributed by atoms with van der Waals surface area (Å²) in [6.07, 6.45) is 4.42. The summed E-state index contributed by atoms with van der Waals surface area (Å²) in [5, 5.41) is 11.1.